The van der Waals surface area contributed by atoms with Gasteiger partial charge in [-0.05, 0) is 36.1 Å². The van der Waals surface area contributed by atoms with Gasteiger partial charge in [-0.25, -0.2) is 0 Å². The maximum absolute atomic E-state index is 11.4. The van der Waals surface area contributed by atoms with Crippen LogP contribution in [0.15, 0.2) is 42.7 Å². The van der Waals surface area contributed by atoms with Gasteiger partial charge in [0.05, 0.1) is 13.2 Å². The number of hydrogen-bond donors (Lipinski definition) is 2. The molecule has 0 spiro atoms. The Balaban J connectivity index is 1.91. The van der Waals surface area contributed by atoms with Crippen molar-refractivity contribution in [2.45, 2.75) is 37.1 Å². The molecule has 1 fully saturated rings. The molecule has 1 aromatic carbocycles. The predicted octanol–water partition coefficient (Wildman–Crippen LogP) is 2.36. The molecule has 2 N–H and O–H groups in total. The zero-order valence-corrected chi connectivity index (χ0v) is 15.8. The van der Waals surface area contributed by atoms with Crippen molar-refractivity contribution < 1.29 is 29.2 Å². The highest BCUT2D eigenvalue weighted by Gasteiger charge is 2.71. The van der Waals surface area contributed by atoms with Gasteiger partial charge in [0.1, 0.15) is 17.5 Å². The van der Waals surface area contributed by atoms with Gasteiger partial charge in [0, 0.05) is 18.4 Å². The molecule has 1 saturated carbocycles. The molecule has 27 heavy (non-hydrogen) atoms. The van der Waals surface area contributed by atoms with Crippen LogP contribution in [0.3, 0.4) is 0 Å². The fraction of sp³-hybridized carbons (Fsp3) is 0.524. The first-order valence-corrected chi connectivity index (χ1v) is 9.14. The Morgan fingerprint density at radius 2 is 2.00 bits per heavy atom. The van der Waals surface area contributed by atoms with Gasteiger partial charge in [0.25, 0.3) is 0 Å². The third-order valence-electron chi connectivity index (χ3n) is 6.72. The summed E-state index contributed by atoms with van der Waals surface area (Å²) in [6, 6.07) is 5.72. The van der Waals surface area contributed by atoms with E-state index in [1.54, 1.807) is 6.08 Å². The van der Waals surface area contributed by atoms with Gasteiger partial charge in [0.2, 0.25) is 6.79 Å². The van der Waals surface area contributed by atoms with Crippen molar-refractivity contribution in [3.8, 4) is 11.5 Å². The van der Waals surface area contributed by atoms with Crippen LogP contribution in [0.4, 0.5) is 0 Å². The van der Waals surface area contributed by atoms with Crippen molar-refractivity contribution >= 4 is 0 Å². The quantitative estimate of drug-likeness (QED) is 0.771. The van der Waals surface area contributed by atoms with Crippen molar-refractivity contribution in [2.24, 2.45) is 11.3 Å². The highest BCUT2D eigenvalue weighted by atomic mass is 16.7. The smallest absolute Gasteiger partial charge is 0.231 e. The van der Waals surface area contributed by atoms with Crippen molar-refractivity contribution in [3.63, 3.8) is 0 Å². The minimum Gasteiger partial charge on any atom is -0.499 e. The number of benzene rings is 1. The van der Waals surface area contributed by atoms with Crippen molar-refractivity contribution in [3.05, 3.63) is 48.3 Å². The molecule has 6 nitrogen and oxygen atoms in total. The summed E-state index contributed by atoms with van der Waals surface area (Å²) in [6.07, 6.45) is 2.18. The predicted molar refractivity (Wildman–Crippen MR) is 98.6 cm³/mol. The van der Waals surface area contributed by atoms with Crippen LogP contribution in [0, 0.1) is 11.3 Å². The number of rotatable bonds is 5. The normalized spacial score (nSPS) is 39.2. The minimum absolute atomic E-state index is 0.0480. The summed E-state index contributed by atoms with van der Waals surface area (Å²) >= 11 is 0. The molecule has 4 rings (SSSR count). The van der Waals surface area contributed by atoms with E-state index in [9.17, 15) is 10.2 Å². The number of aliphatic hydroxyl groups excluding tert-OH is 2. The van der Waals surface area contributed by atoms with Crippen LogP contribution in [0.5, 0.6) is 11.5 Å². The Kier molecular flexibility index (Phi) is 4.25. The van der Waals surface area contributed by atoms with Gasteiger partial charge in [-0.15, -0.1) is 6.58 Å². The monoisotopic (exact) mass is 374 g/mol. The Morgan fingerprint density at radius 3 is 2.67 bits per heavy atom. The molecule has 1 aromatic rings. The second-order valence-electron chi connectivity index (χ2n) is 7.60. The lowest BCUT2D eigenvalue weighted by Crippen LogP contribution is -2.59. The van der Waals surface area contributed by atoms with Gasteiger partial charge in [-0.2, -0.15) is 0 Å². The van der Waals surface area contributed by atoms with Gasteiger partial charge < -0.3 is 29.2 Å². The topological polar surface area (TPSA) is 77.4 Å². The summed E-state index contributed by atoms with van der Waals surface area (Å²) in [6.45, 7) is 6.14. The largest absolute Gasteiger partial charge is 0.499 e. The van der Waals surface area contributed by atoms with Crippen LogP contribution >= 0.6 is 0 Å². The third kappa shape index (κ3) is 2.18. The molecule has 0 saturated heterocycles. The van der Waals surface area contributed by atoms with E-state index < -0.39 is 23.2 Å². The maximum atomic E-state index is 11.4. The molecule has 1 heterocycles. The molecule has 0 unspecified atom stereocenters. The van der Waals surface area contributed by atoms with Crippen molar-refractivity contribution in [1.29, 1.82) is 0 Å². The number of ether oxygens (including phenoxy) is 4. The SMILES string of the molecule is C=CC[C@@]12C=C(OC)[C@@H](O)[C@@](OC)([C@H](c3ccc4c(c3)OCO4)[C@H]1C)[C@@H]2O. The number of methoxy groups -OCH3 is 2. The van der Waals surface area contributed by atoms with E-state index in [0.29, 0.717) is 23.7 Å². The van der Waals surface area contributed by atoms with E-state index >= 15 is 0 Å². The lowest BCUT2D eigenvalue weighted by atomic mass is 9.69. The van der Waals surface area contributed by atoms with E-state index in [1.165, 1.54) is 14.2 Å². The first-order chi connectivity index (χ1) is 13.0. The summed E-state index contributed by atoms with van der Waals surface area (Å²) in [5.74, 6) is 1.43. The number of allylic oxidation sites excluding steroid dienone is 1. The summed E-state index contributed by atoms with van der Waals surface area (Å²) in [7, 11) is 3.05. The fourth-order valence-corrected chi connectivity index (χ4v) is 5.42. The minimum atomic E-state index is -1.24. The van der Waals surface area contributed by atoms with Gasteiger partial charge in [0.15, 0.2) is 11.5 Å². The average Bonchev–Trinajstić information content (AvgIpc) is 3.18. The van der Waals surface area contributed by atoms with Crippen LogP contribution in [0.25, 0.3) is 0 Å². The van der Waals surface area contributed by atoms with Crippen LogP contribution in [0.1, 0.15) is 24.8 Å². The first kappa shape index (κ1) is 18.3. The van der Waals surface area contributed by atoms with Gasteiger partial charge in [-0.1, -0.05) is 19.1 Å². The number of hydrogen-bond acceptors (Lipinski definition) is 6. The molecule has 0 radical (unpaired) electrons. The van der Waals surface area contributed by atoms with Gasteiger partial charge >= 0.3 is 0 Å². The molecule has 2 aliphatic carbocycles. The van der Waals surface area contributed by atoms with E-state index in [2.05, 4.69) is 13.5 Å². The summed E-state index contributed by atoms with van der Waals surface area (Å²) in [5, 5.41) is 22.6. The second-order valence-corrected chi connectivity index (χ2v) is 7.60. The third-order valence-corrected chi connectivity index (χ3v) is 6.72. The molecule has 1 aliphatic heterocycles. The standard InChI is InChI=1S/C21H26O6/c1-5-8-20-10-16(24-3)18(22)21(25-4,19(20)23)17(12(20)2)13-6-7-14-15(9-13)27-11-26-14/h5-7,9-10,12,17-19,22-23H,1,8,11H2,2-4H3/t12-,17+,18-,19-,20-,21+/m1/s1. The maximum Gasteiger partial charge on any atom is 0.231 e. The molecule has 2 bridgehead atoms. The van der Waals surface area contributed by atoms with E-state index in [0.717, 1.165) is 5.56 Å². The molecule has 0 aromatic heterocycles. The van der Waals surface area contributed by atoms with Gasteiger partial charge in [-0.3, -0.25) is 0 Å². The average molecular weight is 374 g/mol. The zero-order chi connectivity index (χ0) is 19.4. The van der Waals surface area contributed by atoms with E-state index in [1.807, 2.05) is 24.3 Å². The van der Waals surface area contributed by atoms with E-state index in [-0.39, 0.29) is 18.6 Å². The molecule has 146 valence electrons. The van der Waals surface area contributed by atoms with Crippen LogP contribution < -0.4 is 9.47 Å². The molecule has 6 atom stereocenters. The Morgan fingerprint density at radius 1 is 1.26 bits per heavy atom. The molecular formula is C21H26O6. The Hall–Kier alpha value is -2.02. The van der Waals surface area contributed by atoms with Crippen molar-refractivity contribution in [1.82, 2.24) is 0 Å². The number of aliphatic hydroxyl groups is 2. The Labute approximate surface area is 159 Å². The summed E-state index contributed by atoms with van der Waals surface area (Å²) in [5.41, 5.74) is -0.969. The molecule has 6 heteroatoms. The molecule has 0 amide bonds. The van der Waals surface area contributed by atoms with Crippen LogP contribution in [-0.4, -0.2) is 49.0 Å². The van der Waals surface area contributed by atoms with Crippen LogP contribution in [0.2, 0.25) is 0 Å². The highest BCUT2D eigenvalue weighted by Crippen LogP contribution is 2.65. The zero-order valence-electron chi connectivity index (χ0n) is 15.8. The summed E-state index contributed by atoms with van der Waals surface area (Å²) in [4.78, 5) is 0. The fourth-order valence-electron chi connectivity index (χ4n) is 5.42. The Bertz CT molecular complexity index is 789. The van der Waals surface area contributed by atoms with Crippen molar-refractivity contribution in [2.75, 3.05) is 21.0 Å². The lowest BCUT2D eigenvalue weighted by Gasteiger charge is -2.46. The lowest BCUT2D eigenvalue weighted by molar-refractivity contribution is -0.179. The number of fused-ring (bicyclic) bond motifs is 3. The summed E-state index contributed by atoms with van der Waals surface area (Å²) < 4.78 is 22.4. The second kappa shape index (κ2) is 6.26. The molecular weight excluding hydrogens is 348 g/mol. The first-order valence-electron chi connectivity index (χ1n) is 9.14. The van der Waals surface area contributed by atoms with Crippen LogP contribution in [-0.2, 0) is 9.47 Å². The molecule has 3 aliphatic rings. The van der Waals surface area contributed by atoms with E-state index in [4.69, 9.17) is 18.9 Å². The highest BCUT2D eigenvalue weighted by molar-refractivity contribution is 5.49.